The lowest BCUT2D eigenvalue weighted by molar-refractivity contribution is 0.0998. The molecule has 1 aliphatic carbocycles. The Balaban J connectivity index is 1.64. The highest BCUT2D eigenvalue weighted by atomic mass is 32.1. The molecule has 5 N–H and O–H groups in total. The molecule has 0 radical (unpaired) electrons. The Morgan fingerprint density at radius 2 is 1.85 bits per heavy atom. The number of rotatable bonds is 3. The van der Waals surface area contributed by atoms with Crippen LogP contribution in [-0.2, 0) is 12.8 Å². The topological polar surface area (TPSA) is 111 Å². The van der Waals surface area contributed by atoms with E-state index in [4.69, 9.17) is 16.5 Å². The molecule has 0 unspecified atom stereocenters. The summed E-state index contributed by atoms with van der Waals surface area (Å²) >= 11 is 1.31. The number of nitrogens with one attached hydrogen (secondary N) is 1. The summed E-state index contributed by atoms with van der Waals surface area (Å²) in [5.74, 6) is -0.790. The van der Waals surface area contributed by atoms with Crippen molar-refractivity contribution in [2.45, 2.75) is 25.7 Å². The second-order valence-electron chi connectivity index (χ2n) is 6.39. The van der Waals surface area contributed by atoms with Crippen molar-refractivity contribution < 1.29 is 9.59 Å². The first-order chi connectivity index (χ1) is 12.5. The first-order valence-electron chi connectivity index (χ1n) is 8.45. The summed E-state index contributed by atoms with van der Waals surface area (Å²) in [4.78, 5) is 29.7. The molecule has 7 heteroatoms. The zero-order valence-electron chi connectivity index (χ0n) is 14.0. The maximum absolute atomic E-state index is 12.6. The molecule has 0 atom stereocenters. The third-order valence-electron chi connectivity index (χ3n) is 4.63. The second-order valence-corrected chi connectivity index (χ2v) is 7.39. The second kappa shape index (κ2) is 6.42. The molecular weight excluding hydrogens is 348 g/mol. The molecule has 2 amide bonds. The average molecular weight is 366 g/mol. The van der Waals surface area contributed by atoms with Crippen LogP contribution in [0.4, 0.5) is 11.4 Å². The predicted octanol–water partition coefficient (Wildman–Crippen LogP) is 3.11. The molecule has 0 fully saturated rings. The van der Waals surface area contributed by atoms with E-state index in [0.717, 1.165) is 35.2 Å². The third-order valence-corrected chi connectivity index (χ3v) is 5.75. The number of anilines is 2. The molecular formula is C19H18N4O2S. The van der Waals surface area contributed by atoms with Gasteiger partial charge in [-0.1, -0.05) is 0 Å². The predicted molar refractivity (Wildman–Crippen MR) is 104 cm³/mol. The van der Waals surface area contributed by atoms with Crippen LogP contribution in [0.15, 0.2) is 30.3 Å². The lowest BCUT2D eigenvalue weighted by Crippen LogP contribution is -2.13. The number of aromatic nitrogens is 1. The fraction of sp³-hybridized carbons (Fsp3) is 0.211. The van der Waals surface area contributed by atoms with Crippen molar-refractivity contribution in [2.75, 3.05) is 11.1 Å². The first kappa shape index (κ1) is 16.5. The molecule has 1 aliphatic rings. The fourth-order valence-electron chi connectivity index (χ4n) is 3.23. The maximum Gasteiger partial charge on any atom is 0.267 e. The lowest BCUT2D eigenvalue weighted by Gasteiger charge is -2.14. The zero-order valence-corrected chi connectivity index (χ0v) is 14.9. The molecule has 1 aromatic carbocycles. The summed E-state index contributed by atoms with van der Waals surface area (Å²) in [6.45, 7) is 0. The van der Waals surface area contributed by atoms with Crippen molar-refractivity contribution >= 4 is 44.7 Å². The van der Waals surface area contributed by atoms with E-state index in [2.05, 4.69) is 11.4 Å². The van der Waals surface area contributed by atoms with E-state index in [9.17, 15) is 9.59 Å². The molecule has 0 bridgehead atoms. The minimum absolute atomic E-state index is 0.282. The number of amides is 2. The van der Waals surface area contributed by atoms with Crippen LogP contribution in [0.1, 0.15) is 44.1 Å². The molecule has 0 saturated heterocycles. The number of nitrogens with two attached hydrogens (primary N) is 2. The molecule has 0 saturated carbocycles. The van der Waals surface area contributed by atoms with Gasteiger partial charge < -0.3 is 16.8 Å². The summed E-state index contributed by atoms with van der Waals surface area (Å²) in [5.41, 5.74) is 15.3. The largest absolute Gasteiger partial charge is 0.397 e. The van der Waals surface area contributed by atoms with Crippen molar-refractivity contribution in [3.05, 3.63) is 52.0 Å². The van der Waals surface area contributed by atoms with Crippen molar-refractivity contribution in [1.82, 2.24) is 4.98 Å². The van der Waals surface area contributed by atoms with Crippen LogP contribution in [-0.4, -0.2) is 16.8 Å². The fourth-order valence-corrected chi connectivity index (χ4v) is 4.23. The molecule has 132 valence electrons. The minimum atomic E-state index is -0.508. The molecule has 26 heavy (non-hydrogen) atoms. The van der Waals surface area contributed by atoms with Gasteiger partial charge in [0.2, 0.25) is 5.91 Å². The Hall–Kier alpha value is -2.93. The summed E-state index contributed by atoms with van der Waals surface area (Å²) in [6, 6.07) is 8.50. The van der Waals surface area contributed by atoms with E-state index in [1.807, 2.05) is 0 Å². The smallest absolute Gasteiger partial charge is 0.267 e. The number of hydrogen-bond donors (Lipinski definition) is 3. The van der Waals surface area contributed by atoms with E-state index in [0.29, 0.717) is 21.8 Å². The van der Waals surface area contributed by atoms with E-state index < -0.39 is 5.91 Å². The van der Waals surface area contributed by atoms with Crippen LogP contribution >= 0.6 is 11.3 Å². The van der Waals surface area contributed by atoms with Crippen molar-refractivity contribution in [3.63, 3.8) is 0 Å². The van der Waals surface area contributed by atoms with E-state index in [-0.39, 0.29) is 5.91 Å². The Morgan fingerprint density at radius 3 is 2.58 bits per heavy atom. The number of aryl methyl sites for hydroxylation is 2. The average Bonchev–Trinajstić information content (AvgIpc) is 2.96. The minimum Gasteiger partial charge on any atom is -0.397 e. The van der Waals surface area contributed by atoms with Crippen molar-refractivity contribution in [2.24, 2.45) is 5.73 Å². The van der Waals surface area contributed by atoms with Gasteiger partial charge in [0.05, 0.1) is 5.69 Å². The number of benzene rings is 1. The summed E-state index contributed by atoms with van der Waals surface area (Å²) in [5, 5.41) is 3.66. The Labute approximate surface area is 154 Å². The standard InChI is InChI=1S/C19H18N4O2S/c20-15-13-9-11-3-1-2-4-14(11)23-19(13)26-16(15)18(25)22-12-7-5-10(6-8-12)17(21)24/h5-9H,1-4,20H2,(H2,21,24)(H,22,25). The van der Waals surface area contributed by atoms with Gasteiger partial charge in [-0.25, -0.2) is 4.98 Å². The number of thiophene rings is 1. The van der Waals surface area contributed by atoms with Crippen LogP contribution < -0.4 is 16.8 Å². The Morgan fingerprint density at radius 1 is 1.12 bits per heavy atom. The number of pyridine rings is 1. The molecule has 3 aromatic rings. The molecule has 0 aliphatic heterocycles. The van der Waals surface area contributed by atoms with Crippen molar-refractivity contribution in [3.8, 4) is 0 Å². The number of nitrogens with zero attached hydrogens (tertiary/aromatic N) is 1. The summed E-state index contributed by atoms with van der Waals surface area (Å²) < 4.78 is 0. The highest BCUT2D eigenvalue weighted by molar-refractivity contribution is 7.21. The van der Waals surface area contributed by atoms with E-state index in [1.165, 1.54) is 23.3 Å². The third kappa shape index (κ3) is 2.90. The number of carbonyl (C=O) groups excluding carboxylic acids is 2. The summed E-state index contributed by atoms with van der Waals surface area (Å²) in [7, 11) is 0. The molecule has 0 spiro atoms. The Bertz CT molecular complexity index is 1020. The van der Waals surface area contributed by atoms with Gasteiger partial charge >= 0.3 is 0 Å². The zero-order chi connectivity index (χ0) is 18.3. The van der Waals surface area contributed by atoms with Crippen LogP contribution in [0.3, 0.4) is 0 Å². The monoisotopic (exact) mass is 366 g/mol. The number of hydrogen-bond acceptors (Lipinski definition) is 5. The van der Waals surface area contributed by atoms with Gasteiger partial charge in [-0.2, -0.15) is 0 Å². The van der Waals surface area contributed by atoms with E-state index >= 15 is 0 Å². The summed E-state index contributed by atoms with van der Waals surface area (Å²) in [6.07, 6.45) is 4.32. The van der Waals surface area contributed by atoms with Crippen LogP contribution in [0.25, 0.3) is 10.2 Å². The number of primary amides is 1. The SMILES string of the molecule is NC(=O)c1ccc(NC(=O)c2sc3nc4c(cc3c2N)CCCC4)cc1. The highest BCUT2D eigenvalue weighted by Gasteiger charge is 2.20. The molecule has 4 rings (SSSR count). The van der Waals surface area contributed by atoms with Crippen LogP contribution in [0, 0.1) is 0 Å². The maximum atomic E-state index is 12.6. The molecule has 6 nitrogen and oxygen atoms in total. The quantitative estimate of drug-likeness (QED) is 0.661. The van der Waals surface area contributed by atoms with Gasteiger partial charge in [0.25, 0.3) is 5.91 Å². The van der Waals surface area contributed by atoms with Gasteiger partial charge in [-0.3, -0.25) is 9.59 Å². The van der Waals surface area contributed by atoms with Crippen molar-refractivity contribution in [1.29, 1.82) is 0 Å². The number of fused-ring (bicyclic) bond motifs is 2. The van der Waals surface area contributed by atoms with Crippen LogP contribution in [0.5, 0.6) is 0 Å². The van der Waals surface area contributed by atoms with Gasteiger partial charge in [-0.15, -0.1) is 11.3 Å². The number of carbonyl (C=O) groups is 2. The highest BCUT2D eigenvalue weighted by Crippen LogP contribution is 2.35. The van der Waals surface area contributed by atoms with Gasteiger partial charge in [0.15, 0.2) is 0 Å². The van der Waals surface area contributed by atoms with Crippen LogP contribution in [0.2, 0.25) is 0 Å². The van der Waals surface area contributed by atoms with E-state index in [1.54, 1.807) is 24.3 Å². The molecule has 2 aromatic heterocycles. The number of nitrogen functional groups attached to an aromatic ring is 1. The van der Waals surface area contributed by atoms with Gasteiger partial charge in [0.1, 0.15) is 9.71 Å². The Kier molecular flexibility index (Phi) is 4.08. The lowest BCUT2D eigenvalue weighted by atomic mass is 9.95. The van der Waals surface area contributed by atoms with Gasteiger partial charge in [0, 0.05) is 22.3 Å². The van der Waals surface area contributed by atoms with Gasteiger partial charge in [-0.05, 0) is 61.6 Å². The molecule has 2 heterocycles. The first-order valence-corrected chi connectivity index (χ1v) is 9.26. The normalized spacial score (nSPS) is 13.4.